The van der Waals surface area contributed by atoms with Crippen molar-refractivity contribution >= 4 is 0 Å². The van der Waals surface area contributed by atoms with E-state index in [2.05, 4.69) is 29.6 Å². The Hall–Kier alpha value is -0.860. The summed E-state index contributed by atoms with van der Waals surface area (Å²) in [6.07, 6.45) is 1.08. The molecule has 0 bridgehead atoms. The van der Waals surface area contributed by atoms with Gasteiger partial charge in [-0.1, -0.05) is 24.3 Å². The van der Waals surface area contributed by atoms with Gasteiger partial charge in [-0.3, -0.25) is 0 Å². The second kappa shape index (κ2) is 3.25. The maximum Gasteiger partial charge on any atom is 0.0233 e. The summed E-state index contributed by atoms with van der Waals surface area (Å²) in [6, 6.07) is 9.02. The Morgan fingerprint density at radius 2 is 2.08 bits per heavy atom. The molecule has 0 aliphatic carbocycles. The Bertz CT molecular complexity index is 270. The lowest BCUT2D eigenvalue weighted by Gasteiger charge is -2.24. The summed E-state index contributed by atoms with van der Waals surface area (Å²) in [6.45, 7) is 1.70. The van der Waals surface area contributed by atoms with Gasteiger partial charge in [-0.2, -0.15) is 0 Å². The van der Waals surface area contributed by atoms with Crippen LogP contribution in [0.4, 0.5) is 0 Å². The summed E-state index contributed by atoms with van der Waals surface area (Å²) < 4.78 is 0. The molecule has 1 aliphatic rings. The van der Waals surface area contributed by atoms with Crippen molar-refractivity contribution in [3.63, 3.8) is 0 Å². The highest BCUT2D eigenvalue weighted by molar-refractivity contribution is 5.29. The van der Waals surface area contributed by atoms with E-state index >= 15 is 0 Å². The van der Waals surface area contributed by atoms with Crippen LogP contribution in [0.5, 0.6) is 0 Å². The van der Waals surface area contributed by atoms with Gasteiger partial charge in [0, 0.05) is 19.1 Å². The Morgan fingerprint density at radius 1 is 1.33 bits per heavy atom. The minimum absolute atomic E-state index is 0.472. The van der Waals surface area contributed by atoms with E-state index in [-0.39, 0.29) is 0 Å². The first-order valence-corrected chi connectivity index (χ1v) is 4.40. The SMILES string of the molecule is NC[C@@H]1Cc2ccccc2CN1. The zero-order chi connectivity index (χ0) is 8.39. The summed E-state index contributed by atoms with van der Waals surface area (Å²) in [4.78, 5) is 0. The predicted octanol–water partition coefficient (Wildman–Crippen LogP) is 0.660. The lowest BCUT2D eigenvalue weighted by Crippen LogP contribution is -2.40. The predicted molar refractivity (Wildman–Crippen MR) is 49.8 cm³/mol. The van der Waals surface area contributed by atoms with Crippen LogP contribution in [0.1, 0.15) is 11.1 Å². The quantitative estimate of drug-likeness (QED) is 0.636. The first-order valence-electron chi connectivity index (χ1n) is 4.40. The van der Waals surface area contributed by atoms with Crippen LogP contribution in [0.2, 0.25) is 0 Å². The number of fused-ring (bicyclic) bond motifs is 1. The van der Waals surface area contributed by atoms with Crippen molar-refractivity contribution in [2.45, 2.75) is 19.0 Å². The van der Waals surface area contributed by atoms with Gasteiger partial charge < -0.3 is 11.1 Å². The Labute approximate surface area is 72.8 Å². The summed E-state index contributed by atoms with van der Waals surface area (Å²) in [5, 5.41) is 3.40. The maximum absolute atomic E-state index is 5.60. The minimum atomic E-state index is 0.472. The molecule has 1 aromatic carbocycles. The molecule has 2 nitrogen and oxygen atoms in total. The van der Waals surface area contributed by atoms with Crippen molar-refractivity contribution in [1.29, 1.82) is 0 Å². The molecule has 1 heterocycles. The zero-order valence-electron chi connectivity index (χ0n) is 7.09. The number of rotatable bonds is 1. The van der Waals surface area contributed by atoms with Crippen LogP contribution in [0.3, 0.4) is 0 Å². The fourth-order valence-corrected chi connectivity index (χ4v) is 1.69. The van der Waals surface area contributed by atoms with Crippen LogP contribution in [0.15, 0.2) is 24.3 Å². The van der Waals surface area contributed by atoms with Crippen molar-refractivity contribution in [1.82, 2.24) is 5.32 Å². The number of hydrogen-bond donors (Lipinski definition) is 2. The van der Waals surface area contributed by atoms with E-state index in [0.29, 0.717) is 6.04 Å². The fourth-order valence-electron chi connectivity index (χ4n) is 1.69. The molecule has 0 saturated carbocycles. The highest BCUT2D eigenvalue weighted by Gasteiger charge is 2.14. The Balaban J connectivity index is 2.23. The van der Waals surface area contributed by atoms with Gasteiger partial charge in [0.25, 0.3) is 0 Å². The van der Waals surface area contributed by atoms with Crippen LogP contribution in [-0.2, 0) is 13.0 Å². The van der Waals surface area contributed by atoms with Gasteiger partial charge in [-0.15, -0.1) is 0 Å². The molecule has 3 N–H and O–H groups in total. The Morgan fingerprint density at radius 3 is 2.83 bits per heavy atom. The molecule has 1 aromatic rings. The molecular weight excluding hydrogens is 148 g/mol. The molecule has 2 heteroatoms. The first-order chi connectivity index (χ1) is 5.90. The van der Waals surface area contributed by atoms with E-state index in [0.717, 1.165) is 19.5 Å². The third kappa shape index (κ3) is 1.36. The Kier molecular flexibility index (Phi) is 2.11. The van der Waals surface area contributed by atoms with Gasteiger partial charge >= 0.3 is 0 Å². The van der Waals surface area contributed by atoms with Crippen molar-refractivity contribution in [2.75, 3.05) is 6.54 Å². The van der Waals surface area contributed by atoms with Crippen molar-refractivity contribution in [3.05, 3.63) is 35.4 Å². The molecule has 1 aliphatic heterocycles. The molecule has 0 unspecified atom stereocenters. The molecular formula is C10H14N2. The van der Waals surface area contributed by atoms with Crippen molar-refractivity contribution < 1.29 is 0 Å². The summed E-state index contributed by atoms with van der Waals surface area (Å²) in [5.41, 5.74) is 8.47. The van der Waals surface area contributed by atoms with Crippen LogP contribution in [0.25, 0.3) is 0 Å². The summed E-state index contributed by atoms with van der Waals surface area (Å²) in [5.74, 6) is 0. The lowest BCUT2D eigenvalue weighted by atomic mass is 9.96. The topological polar surface area (TPSA) is 38.0 Å². The highest BCUT2D eigenvalue weighted by Crippen LogP contribution is 2.15. The smallest absolute Gasteiger partial charge is 0.0233 e. The molecule has 1 atom stereocenters. The monoisotopic (exact) mass is 162 g/mol. The van der Waals surface area contributed by atoms with E-state index in [4.69, 9.17) is 5.73 Å². The van der Waals surface area contributed by atoms with Crippen molar-refractivity contribution in [3.8, 4) is 0 Å². The molecule has 0 aromatic heterocycles. The molecule has 0 spiro atoms. The first kappa shape index (κ1) is 7.77. The van der Waals surface area contributed by atoms with Gasteiger partial charge in [-0.25, -0.2) is 0 Å². The molecule has 12 heavy (non-hydrogen) atoms. The zero-order valence-corrected chi connectivity index (χ0v) is 7.09. The highest BCUT2D eigenvalue weighted by atomic mass is 14.9. The van der Waals surface area contributed by atoms with Crippen LogP contribution < -0.4 is 11.1 Å². The standard InChI is InChI=1S/C10H14N2/c11-6-10-5-8-3-1-2-4-9(8)7-12-10/h1-4,10,12H,5-7,11H2/t10-/m0/s1. The number of hydrogen-bond acceptors (Lipinski definition) is 2. The van der Waals surface area contributed by atoms with E-state index in [1.807, 2.05) is 0 Å². The minimum Gasteiger partial charge on any atom is -0.329 e. The van der Waals surface area contributed by atoms with Gasteiger partial charge in [-0.05, 0) is 17.5 Å². The van der Waals surface area contributed by atoms with E-state index in [1.54, 1.807) is 0 Å². The van der Waals surface area contributed by atoms with Gasteiger partial charge in [0.2, 0.25) is 0 Å². The van der Waals surface area contributed by atoms with Crippen molar-refractivity contribution in [2.24, 2.45) is 5.73 Å². The maximum atomic E-state index is 5.60. The lowest BCUT2D eigenvalue weighted by molar-refractivity contribution is 0.487. The molecule has 64 valence electrons. The second-order valence-electron chi connectivity index (χ2n) is 3.29. The third-order valence-corrected chi connectivity index (χ3v) is 2.45. The average molecular weight is 162 g/mol. The largest absolute Gasteiger partial charge is 0.329 e. The van der Waals surface area contributed by atoms with E-state index in [9.17, 15) is 0 Å². The van der Waals surface area contributed by atoms with Crippen LogP contribution in [0, 0.1) is 0 Å². The van der Waals surface area contributed by atoms with Gasteiger partial charge in [0.15, 0.2) is 0 Å². The van der Waals surface area contributed by atoms with Gasteiger partial charge in [0.05, 0.1) is 0 Å². The summed E-state index contributed by atoms with van der Waals surface area (Å²) >= 11 is 0. The molecule has 2 rings (SSSR count). The number of nitrogens with one attached hydrogen (secondary N) is 1. The molecule has 0 radical (unpaired) electrons. The number of nitrogens with two attached hydrogens (primary N) is 1. The normalized spacial score (nSPS) is 21.9. The fraction of sp³-hybridized carbons (Fsp3) is 0.400. The molecule has 0 saturated heterocycles. The number of benzene rings is 1. The second-order valence-corrected chi connectivity index (χ2v) is 3.29. The molecule has 0 fully saturated rings. The summed E-state index contributed by atoms with van der Waals surface area (Å²) in [7, 11) is 0. The van der Waals surface area contributed by atoms with E-state index < -0.39 is 0 Å². The van der Waals surface area contributed by atoms with E-state index in [1.165, 1.54) is 11.1 Å². The third-order valence-electron chi connectivity index (χ3n) is 2.45. The van der Waals surface area contributed by atoms with Crippen LogP contribution in [-0.4, -0.2) is 12.6 Å². The average Bonchev–Trinajstić information content (AvgIpc) is 2.17. The van der Waals surface area contributed by atoms with Gasteiger partial charge in [0.1, 0.15) is 0 Å². The molecule has 0 amide bonds. The van der Waals surface area contributed by atoms with Crippen LogP contribution >= 0.6 is 0 Å².